The second-order valence-corrected chi connectivity index (χ2v) is 7.41. The third kappa shape index (κ3) is 2.26. The van der Waals surface area contributed by atoms with E-state index in [-0.39, 0.29) is 0 Å². The Morgan fingerprint density at radius 3 is 2.86 bits per heavy atom. The second kappa shape index (κ2) is 5.70. The lowest BCUT2D eigenvalue weighted by atomic mass is 9.71. The van der Waals surface area contributed by atoms with Crippen LogP contribution in [0.4, 0.5) is 0 Å². The number of benzene rings is 1. The lowest BCUT2D eigenvalue weighted by Crippen LogP contribution is -2.55. The minimum absolute atomic E-state index is 0.449. The van der Waals surface area contributed by atoms with E-state index in [2.05, 4.69) is 16.1 Å². The van der Waals surface area contributed by atoms with E-state index in [1.807, 2.05) is 12.1 Å². The van der Waals surface area contributed by atoms with Crippen LogP contribution < -0.4 is 0 Å². The number of halogens is 2. The van der Waals surface area contributed by atoms with Crippen molar-refractivity contribution in [2.24, 2.45) is 11.1 Å². The molecule has 3 heterocycles. The maximum atomic E-state index is 6.26. The minimum Gasteiger partial charge on any atom is -0.399 e. The van der Waals surface area contributed by atoms with Gasteiger partial charge in [-0.1, -0.05) is 34.4 Å². The minimum atomic E-state index is 0.449. The predicted octanol–water partition coefficient (Wildman–Crippen LogP) is 4.34. The zero-order valence-corrected chi connectivity index (χ0v) is 14.1. The largest absolute Gasteiger partial charge is 0.399 e. The van der Waals surface area contributed by atoms with Gasteiger partial charge in [0, 0.05) is 31.0 Å². The molecule has 1 aromatic rings. The van der Waals surface area contributed by atoms with Crippen LogP contribution in [0.15, 0.2) is 23.4 Å². The van der Waals surface area contributed by atoms with E-state index in [0.29, 0.717) is 34.0 Å². The van der Waals surface area contributed by atoms with E-state index in [1.54, 1.807) is 7.11 Å². The third-order valence-electron chi connectivity index (χ3n) is 5.66. The fourth-order valence-electron chi connectivity index (χ4n) is 4.84. The van der Waals surface area contributed by atoms with Crippen LogP contribution in [-0.2, 0) is 4.84 Å². The summed E-state index contributed by atoms with van der Waals surface area (Å²) in [5, 5.41) is 5.64. The fourth-order valence-corrected chi connectivity index (χ4v) is 5.14. The van der Waals surface area contributed by atoms with Gasteiger partial charge in [-0.2, -0.15) is 0 Å². The summed E-state index contributed by atoms with van der Waals surface area (Å²) in [6.45, 7) is 1.13. The molecule has 4 bridgehead atoms. The monoisotopic (exact) mass is 338 g/mol. The Balaban J connectivity index is 1.74. The van der Waals surface area contributed by atoms with Crippen molar-refractivity contribution in [1.82, 2.24) is 4.90 Å². The summed E-state index contributed by atoms with van der Waals surface area (Å²) >= 11 is 12.3. The Morgan fingerprint density at radius 1 is 1.23 bits per heavy atom. The highest BCUT2D eigenvalue weighted by atomic mass is 35.5. The van der Waals surface area contributed by atoms with Gasteiger partial charge < -0.3 is 4.84 Å². The summed E-state index contributed by atoms with van der Waals surface area (Å²) in [5.41, 5.74) is 2.52. The second-order valence-electron chi connectivity index (χ2n) is 6.59. The number of hydrogen-bond acceptors (Lipinski definition) is 3. The highest BCUT2D eigenvalue weighted by Crippen LogP contribution is 2.50. The van der Waals surface area contributed by atoms with Crippen molar-refractivity contribution in [3.05, 3.63) is 33.8 Å². The number of rotatable bonds is 2. The summed E-state index contributed by atoms with van der Waals surface area (Å²) < 4.78 is 0. The molecule has 5 atom stereocenters. The van der Waals surface area contributed by atoms with Gasteiger partial charge in [0.25, 0.3) is 0 Å². The molecule has 118 valence electrons. The normalized spacial score (nSPS) is 38.3. The molecule has 3 saturated heterocycles. The van der Waals surface area contributed by atoms with E-state index in [1.165, 1.54) is 30.5 Å². The van der Waals surface area contributed by atoms with Gasteiger partial charge >= 0.3 is 0 Å². The first-order chi connectivity index (χ1) is 10.7. The summed E-state index contributed by atoms with van der Waals surface area (Å²) in [6, 6.07) is 7.42. The topological polar surface area (TPSA) is 24.8 Å². The Hall–Kier alpha value is -0.770. The zero-order chi connectivity index (χ0) is 15.3. The molecule has 1 aromatic carbocycles. The number of piperidine rings is 2. The van der Waals surface area contributed by atoms with Crippen LogP contribution in [0.25, 0.3) is 0 Å². The van der Waals surface area contributed by atoms with Gasteiger partial charge in [-0.05, 0) is 42.9 Å². The maximum absolute atomic E-state index is 6.26. The third-order valence-corrected chi connectivity index (χ3v) is 6.39. The van der Waals surface area contributed by atoms with Crippen LogP contribution in [0.3, 0.4) is 0 Å². The van der Waals surface area contributed by atoms with Crippen LogP contribution in [0, 0.1) is 5.92 Å². The van der Waals surface area contributed by atoms with Gasteiger partial charge in [0.05, 0.1) is 15.8 Å². The Labute approximate surface area is 141 Å². The number of hydrogen-bond donors (Lipinski definition) is 0. The molecule has 3 fully saturated rings. The molecule has 0 radical (unpaired) electrons. The smallest absolute Gasteiger partial charge is 0.106 e. The van der Waals surface area contributed by atoms with Crippen molar-refractivity contribution in [2.75, 3.05) is 13.7 Å². The average Bonchev–Trinajstić information content (AvgIpc) is 2.80. The lowest BCUT2D eigenvalue weighted by Gasteiger charge is -2.49. The van der Waals surface area contributed by atoms with Crippen LogP contribution in [-0.4, -0.2) is 36.3 Å². The molecule has 0 aliphatic carbocycles. The molecule has 1 unspecified atom stereocenters. The summed E-state index contributed by atoms with van der Waals surface area (Å²) in [5.74, 6) is 0.919. The molecule has 0 aromatic heterocycles. The van der Waals surface area contributed by atoms with Crippen molar-refractivity contribution in [3.63, 3.8) is 0 Å². The van der Waals surface area contributed by atoms with E-state index in [9.17, 15) is 0 Å². The predicted molar refractivity (Wildman–Crippen MR) is 89.9 cm³/mol. The quantitative estimate of drug-likeness (QED) is 0.749. The first-order valence-corrected chi connectivity index (χ1v) is 8.75. The van der Waals surface area contributed by atoms with Crippen molar-refractivity contribution in [2.45, 2.75) is 43.7 Å². The van der Waals surface area contributed by atoms with Crippen molar-refractivity contribution in [3.8, 4) is 0 Å². The number of nitrogens with zero attached hydrogens (tertiary/aromatic N) is 2. The Morgan fingerprint density at radius 2 is 2.09 bits per heavy atom. The van der Waals surface area contributed by atoms with Gasteiger partial charge in [0.15, 0.2) is 0 Å². The summed E-state index contributed by atoms with van der Waals surface area (Å²) in [6.07, 6.45) is 4.78. The SMILES string of the molecule is CON=C1CCN2[C@H]3CC[C@@H]2[C@H]1[C@@H](c1ccc(Cl)c(Cl)c1)C3. The van der Waals surface area contributed by atoms with Crippen LogP contribution >= 0.6 is 23.2 Å². The Bertz CT molecular complexity index is 619. The summed E-state index contributed by atoms with van der Waals surface area (Å²) in [7, 11) is 1.65. The van der Waals surface area contributed by atoms with E-state index in [0.717, 1.165) is 13.0 Å². The molecule has 22 heavy (non-hydrogen) atoms. The standard InChI is InChI=1S/C17H20Cl2N2O/c1-22-20-15-6-7-21-11-3-5-16(21)17(15)12(9-11)10-2-4-13(18)14(19)8-10/h2,4,8,11-12,16-17H,3,5-7,9H2,1H3/t11-,12+,16+,17-/m0/s1. The van der Waals surface area contributed by atoms with Crippen LogP contribution in [0.1, 0.15) is 37.2 Å². The molecule has 3 aliphatic heterocycles. The van der Waals surface area contributed by atoms with Crippen molar-refractivity contribution < 1.29 is 4.84 Å². The molecule has 3 aliphatic rings. The van der Waals surface area contributed by atoms with Crippen LogP contribution in [0.5, 0.6) is 0 Å². The highest BCUT2D eigenvalue weighted by molar-refractivity contribution is 6.42. The van der Waals surface area contributed by atoms with Crippen LogP contribution in [0.2, 0.25) is 10.0 Å². The van der Waals surface area contributed by atoms with Gasteiger partial charge in [-0.15, -0.1) is 0 Å². The fraction of sp³-hybridized carbons (Fsp3) is 0.588. The average molecular weight is 339 g/mol. The summed E-state index contributed by atoms with van der Waals surface area (Å²) in [4.78, 5) is 7.83. The first-order valence-electron chi connectivity index (χ1n) is 7.99. The molecular formula is C17H20Cl2N2O. The van der Waals surface area contributed by atoms with Gasteiger partial charge in [0.1, 0.15) is 7.11 Å². The van der Waals surface area contributed by atoms with E-state index < -0.39 is 0 Å². The van der Waals surface area contributed by atoms with Gasteiger partial charge in [0.2, 0.25) is 0 Å². The number of oxime groups is 1. The molecular weight excluding hydrogens is 319 g/mol. The van der Waals surface area contributed by atoms with E-state index in [4.69, 9.17) is 28.0 Å². The van der Waals surface area contributed by atoms with Gasteiger partial charge in [-0.3, -0.25) is 4.90 Å². The lowest BCUT2D eigenvalue weighted by molar-refractivity contribution is 0.0829. The molecule has 4 rings (SSSR count). The molecule has 0 amide bonds. The van der Waals surface area contributed by atoms with E-state index >= 15 is 0 Å². The van der Waals surface area contributed by atoms with Crippen molar-refractivity contribution >= 4 is 28.9 Å². The zero-order valence-electron chi connectivity index (χ0n) is 12.6. The Kier molecular flexibility index (Phi) is 3.83. The first kappa shape index (κ1) is 14.8. The van der Waals surface area contributed by atoms with Gasteiger partial charge in [-0.25, -0.2) is 0 Å². The van der Waals surface area contributed by atoms with Crippen molar-refractivity contribution in [1.29, 1.82) is 0 Å². The molecule has 5 heteroatoms. The molecule has 0 N–H and O–H groups in total. The molecule has 3 nitrogen and oxygen atoms in total. The maximum Gasteiger partial charge on any atom is 0.106 e. The molecule has 0 saturated carbocycles. The highest BCUT2D eigenvalue weighted by Gasteiger charge is 2.51. The molecule has 0 spiro atoms.